The van der Waals surface area contributed by atoms with E-state index in [0.29, 0.717) is 22.4 Å². The van der Waals surface area contributed by atoms with Gasteiger partial charge in [-0.3, -0.25) is 19.8 Å². The number of benzene rings is 2. The maximum atomic E-state index is 13.0. The number of hydrogen-bond acceptors (Lipinski definition) is 5. The van der Waals surface area contributed by atoms with Crippen LogP contribution in [0.15, 0.2) is 42.5 Å². The lowest BCUT2D eigenvalue weighted by Crippen LogP contribution is -2.38. The standard InChI is InChI=1S/C22H20N4O4.C2HF3O2/c1-25-18-8-7-15(6-5-14-3-2-4-16(11-14)21(23)24)12-17(18)22(30)26(13-19(25)27)10-9-20(28)29;3-2(4,5)1(6)7/h2-4,7-8,11-12H,9-10,13H2,1H3,(H3,23,24)(H,28,29);(H,6,7). The number of rotatable bonds is 4. The van der Waals surface area contributed by atoms with E-state index in [2.05, 4.69) is 11.8 Å². The van der Waals surface area contributed by atoms with Crippen LogP contribution >= 0.6 is 0 Å². The molecule has 37 heavy (non-hydrogen) atoms. The minimum Gasteiger partial charge on any atom is -0.481 e. The Labute approximate surface area is 208 Å². The number of hydrogen-bond donors (Lipinski definition) is 4. The van der Waals surface area contributed by atoms with Crippen molar-refractivity contribution in [2.45, 2.75) is 12.6 Å². The van der Waals surface area contributed by atoms with Gasteiger partial charge in [0.2, 0.25) is 5.91 Å². The number of nitrogen functional groups attached to an aromatic ring is 1. The van der Waals surface area contributed by atoms with Gasteiger partial charge in [-0.2, -0.15) is 13.2 Å². The van der Waals surface area contributed by atoms with Gasteiger partial charge in [0, 0.05) is 30.3 Å². The number of amides is 2. The molecule has 1 heterocycles. The number of nitrogens with two attached hydrogens (primary N) is 1. The molecule has 1 aliphatic heterocycles. The molecule has 1 aliphatic rings. The molecule has 0 aromatic heterocycles. The quantitative estimate of drug-likeness (QED) is 0.273. The topological polar surface area (TPSA) is 165 Å². The molecule has 2 aromatic carbocycles. The molecule has 0 unspecified atom stereocenters. The van der Waals surface area contributed by atoms with Crippen LogP contribution in [0.25, 0.3) is 0 Å². The first-order valence-corrected chi connectivity index (χ1v) is 10.4. The average Bonchev–Trinajstić information content (AvgIpc) is 2.91. The van der Waals surface area contributed by atoms with Crippen LogP contribution in [0.1, 0.15) is 33.5 Å². The molecule has 0 fully saturated rings. The zero-order valence-corrected chi connectivity index (χ0v) is 19.3. The fourth-order valence-corrected chi connectivity index (χ4v) is 3.04. The number of nitrogens with one attached hydrogen (secondary N) is 1. The fourth-order valence-electron chi connectivity index (χ4n) is 3.04. The molecule has 2 amide bonds. The molecule has 5 N–H and O–H groups in total. The van der Waals surface area contributed by atoms with E-state index >= 15 is 0 Å². The van der Waals surface area contributed by atoms with Crippen LogP contribution in [0.4, 0.5) is 18.9 Å². The Morgan fingerprint density at radius 3 is 2.22 bits per heavy atom. The Kier molecular flexibility index (Phi) is 8.98. The third-order valence-corrected chi connectivity index (χ3v) is 4.94. The largest absolute Gasteiger partial charge is 0.490 e. The summed E-state index contributed by atoms with van der Waals surface area (Å²) in [5, 5.41) is 23.6. The van der Waals surface area contributed by atoms with Gasteiger partial charge in [0.15, 0.2) is 0 Å². The maximum absolute atomic E-state index is 13.0. The maximum Gasteiger partial charge on any atom is 0.490 e. The van der Waals surface area contributed by atoms with E-state index in [1.165, 1.54) is 9.80 Å². The van der Waals surface area contributed by atoms with Gasteiger partial charge in [0.25, 0.3) is 5.91 Å². The third kappa shape index (κ3) is 7.82. The van der Waals surface area contributed by atoms with Gasteiger partial charge >= 0.3 is 18.1 Å². The molecule has 0 radical (unpaired) electrons. The fraction of sp³-hybridized carbons (Fsp3) is 0.208. The molecule has 0 saturated heterocycles. The molecule has 0 atom stereocenters. The molecule has 3 rings (SSSR count). The number of likely N-dealkylation sites (N-methyl/N-ethyl adjacent to an activating group) is 1. The first kappa shape index (κ1) is 28.4. The number of carboxylic acid groups (broad SMARTS) is 2. The molecule has 0 bridgehead atoms. The number of fused-ring (bicyclic) bond motifs is 1. The van der Waals surface area contributed by atoms with Crippen LogP contribution in [0, 0.1) is 17.3 Å². The highest BCUT2D eigenvalue weighted by Crippen LogP contribution is 2.26. The Morgan fingerprint density at radius 1 is 1.08 bits per heavy atom. The second kappa shape index (κ2) is 11.7. The molecular weight excluding hydrogens is 497 g/mol. The number of anilines is 1. The van der Waals surface area contributed by atoms with E-state index in [4.69, 9.17) is 26.2 Å². The average molecular weight is 518 g/mol. The van der Waals surface area contributed by atoms with Crippen LogP contribution in [0.2, 0.25) is 0 Å². The van der Waals surface area contributed by atoms with Crippen LogP contribution < -0.4 is 10.6 Å². The van der Waals surface area contributed by atoms with E-state index in [-0.39, 0.29) is 36.8 Å². The highest BCUT2D eigenvalue weighted by atomic mass is 19.4. The van der Waals surface area contributed by atoms with Gasteiger partial charge in [-0.25, -0.2) is 4.79 Å². The highest BCUT2D eigenvalue weighted by Gasteiger charge is 2.38. The lowest BCUT2D eigenvalue weighted by Gasteiger charge is -2.18. The summed E-state index contributed by atoms with van der Waals surface area (Å²) in [6, 6.07) is 11.9. The minimum absolute atomic E-state index is 0.0524. The first-order valence-electron chi connectivity index (χ1n) is 10.4. The lowest BCUT2D eigenvalue weighted by molar-refractivity contribution is -0.192. The minimum atomic E-state index is -5.08. The Balaban J connectivity index is 0.000000604. The van der Waals surface area contributed by atoms with Gasteiger partial charge in [-0.05, 0) is 30.3 Å². The van der Waals surface area contributed by atoms with Crippen LogP contribution in [-0.2, 0) is 14.4 Å². The van der Waals surface area contributed by atoms with Crippen molar-refractivity contribution in [2.24, 2.45) is 5.73 Å². The van der Waals surface area contributed by atoms with Crippen molar-refractivity contribution in [1.29, 1.82) is 5.41 Å². The zero-order valence-electron chi connectivity index (χ0n) is 19.3. The van der Waals surface area contributed by atoms with Gasteiger partial charge in [-0.1, -0.05) is 24.0 Å². The summed E-state index contributed by atoms with van der Waals surface area (Å²) < 4.78 is 31.7. The van der Waals surface area contributed by atoms with Crippen LogP contribution in [-0.4, -0.2) is 71.0 Å². The smallest absolute Gasteiger partial charge is 0.481 e. The van der Waals surface area contributed by atoms with Crippen molar-refractivity contribution < 1.29 is 42.6 Å². The molecule has 0 spiro atoms. The summed E-state index contributed by atoms with van der Waals surface area (Å²) >= 11 is 0. The van der Waals surface area contributed by atoms with Gasteiger partial charge in [-0.15, -0.1) is 0 Å². The predicted octanol–water partition coefficient (Wildman–Crippen LogP) is 1.90. The van der Waals surface area contributed by atoms with Crippen molar-refractivity contribution in [2.75, 3.05) is 25.0 Å². The molecule has 194 valence electrons. The zero-order chi connectivity index (χ0) is 27.9. The number of alkyl halides is 3. The van der Waals surface area contributed by atoms with Crippen molar-refractivity contribution >= 4 is 35.3 Å². The summed E-state index contributed by atoms with van der Waals surface area (Å²) in [7, 11) is 1.58. The molecular formula is C24H21F3N4O6. The molecule has 0 saturated carbocycles. The Hall–Kier alpha value is -4.86. The highest BCUT2D eigenvalue weighted by molar-refractivity contribution is 6.09. The van der Waals surface area contributed by atoms with Crippen LogP contribution in [0.3, 0.4) is 0 Å². The molecule has 2 aromatic rings. The van der Waals surface area contributed by atoms with E-state index < -0.39 is 24.0 Å². The summed E-state index contributed by atoms with van der Waals surface area (Å²) in [6.07, 6.45) is -5.33. The number of carbonyl (C=O) groups is 4. The molecule has 13 heteroatoms. The second-order valence-corrected chi connectivity index (χ2v) is 7.60. The monoisotopic (exact) mass is 518 g/mol. The SMILES string of the molecule is CN1C(=O)CN(CCC(=O)O)C(=O)c2cc(C#Cc3cccc(C(=N)N)c3)ccc21.O=C(O)C(F)(F)F. The first-order chi connectivity index (χ1) is 17.2. The van der Waals surface area contributed by atoms with E-state index in [1.54, 1.807) is 49.5 Å². The number of carboxylic acids is 2. The number of carbonyl (C=O) groups excluding carboxylic acids is 2. The Bertz CT molecular complexity index is 1310. The molecule has 0 aliphatic carbocycles. The van der Waals surface area contributed by atoms with Gasteiger partial charge < -0.3 is 25.7 Å². The summed E-state index contributed by atoms with van der Waals surface area (Å²) in [6.45, 7) is -0.239. The van der Waals surface area contributed by atoms with Crippen molar-refractivity contribution in [3.8, 4) is 11.8 Å². The normalized spacial score (nSPS) is 12.9. The predicted molar refractivity (Wildman–Crippen MR) is 125 cm³/mol. The van der Waals surface area contributed by atoms with Crippen molar-refractivity contribution in [3.63, 3.8) is 0 Å². The van der Waals surface area contributed by atoms with E-state index in [1.807, 2.05) is 0 Å². The summed E-state index contributed by atoms with van der Waals surface area (Å²) in [5.74, 6) is 1.40. The number of halogens is 3. The summed E-state index contributed by atoms with van der Waals surface area (Å²) in [4.78, 5) is 47.8. The van der Waals surface area contributed by atoms with E-state index in [9.17, 15) is 27.6 Å². The number of nitrogens with zero attached hydrogens (tertiary/aromatic N) is 2. The number of aliphatic carboxylic acids is 2. The second-order valence-electron chi connectivity index (χ2n) is 7.60. The lowest BCUT2D eigenvalue weighted by atomic mass is 10.1. The third-order valence-electron chi connectivity index (χ3n) is 4.94. The number of amidine groups is 1. The van der Waals surface area contributed by atoms with Crippen molar-refractivity contribution in [3.05, 3.63) is 64.7 Å². The van der Waals surface area contributed by atoms with E-state index in [0.717, 1.165) is 0 Å². The van der Waals surface area contributed by atoms with Crippen molar-refractivity contribution in [1.82, 2.24) is 4.90 Å². The van der Waals surface area contributed by atoms with Gasteiger partial charge in [0.05, 0.1) is 17.7 Å². The summed E-state index contributed by atoms with van der Waals surface area (Å²) in [5.41, 5.74) is 8.04. The molecule has 10 nitrogen and oxygen atoms in total. The van der Waals surface area contributed by atoms with Crippen LogP contribution in [0.5, 0.6) is 0 Å². The Morgan fingerprint density at radius 2 is 1.68 bits per heavy atom. The van der Waals surface area contributed by atoms with Gasteiger partial charge in [0.1, 0.15) is 12.4 Å².